The average Bonchev–Trinajstić information content (AvgIpc) is 3.01. The summed E-state index contributed by atoms with van der Waals surface area (Å²) in [5.74, 6) is 1.57. The lowest BCUT2D eigenvalue weighted by atomic mass is 10.2. The van der Waals surface area contributed by atoms with Crippen LogP contribution in [0, 0.1) is 0 Å². The van der Waals surface area contributed by atoms with Gasteiger partial charge in [0.1, 0.15) is 5.69 Å². The molecule has 1 aliphatic heterocycles. The molecule has 0 N–H and O–H groups in total. The fraction of sp³-hybridized carbons (Fsp3) is 0.158. The number of amidine groups is 1. The summed E-state index contributed by atoms with van der Waals surface area (Å²) in [7, 11) is 1.95. The molecule has 0 saturated heterocycles. The van der Waals surface area contributed by atoms with E-state index in [0.29, 0.717) is 27.4 Å². The van der Waals surface area contributed by atoms with Crippen LogP contribution in [0.2, 0.25) is 15.1 Å². The number of anilines is 1. The largest absolute Gasteiger partial charge is 0.319 e. The van der Waals surface area contributed by atoms with Crippen molar-refractivity contribution >= 4 is 63.2 Å². The molecule has 0 radical (unpaired) electrons. The van der Waals surface area contributed by atoms with Crippen molar-refractivity contribution in [2.45, 2.75) is 12.3 Å². The second kappa shape index (κ2) is 7.76. The quantitative estimate of drug-likeness (QED) is 0.480. The van der Waals surface area contributed by atoms with Crippen molar-refractivity contribution < 1.29 is 0 Å². The molecule has 1 aliphatic rings. The van der Waals surface area contributed by atoms with Gasteiger partial charge in [-0.1, -0.05) is 52.6 Å². The van der Waals surface area contributed by atoms with Gasteiger partial charge in [0.15, 0.2) is 11.0 Å². The Hall–Kier alpha value is -1.66. The highest BCUT2D eigenvalue weighted by Gasteiger charge is 2.25. The molecule has 0 fully saturated rings. The molecule has 138 valence electrons. The first-order chi connectivity index (χ1) is 13.0. The fourth-order valence-corrected chi connectivity index (χ4v) is 4.50. The molecule has 0 atom stereocenters. The smallest absolute Gasteiger partial charge is 0.171 e. The zero-order chi connectivity index (χ0) is 19.0. The van der Waals surface area contributed by atoms with Gasteiger partial charge < -0.3 is 9.47 Å². The Kier molecular flexibility index (Phi) is 5.37. The van der Waals surface area contributed by atoms with Gasteiger partial charge in [-0.15, -0.1) is 0 Å². The fourth-order valence-electron chi connectivity index (χ4n) is 2.81. The molecule has 27 heavy (non-hydrogen) atoms. The number of aromatic nitrogens is 2. The van der Waals surface area contributed by atoms with Crippen LogP contribution in [0.4, 0.5) is 11.5 Å². The molecule has 2 aromatic carbocycles. The summed E-state index contributed by atoms with van der Waals surface area (Å²) in [6, 6.07) is 13.3. The lowest BCUT2D eigenvalue weighted by Crippen LogP contribution is -2.31. The van der Waals surface area contributed by atoms with Crippen molar-refractivity contribution in [3.05, 3.63) is 75.1 Å². The Morgan fingerprint density at radius 2 is 1.78 bits per heavy atom. The van der Waals surface area contributed by atoms with E-state index in [-0.39, 0.29) is 0 Å². The third kappa shape index (κ3) is 3.97. The highest BCUT2D eigenvalue weighted by Crippen LogP contribution is 2.34. The molecule has 0 unspecified atom stereocenters. The van der Waals surface area contributed by atoms with Crippen molar-refractivity contribution in [2.24, 2.45) is 12.0 Å². The molecule has 0 bridgehead atoms. The summed E-state index contributed by atoms with van der Waals surface area (Å²) in [6.45, 7) is 0.651. The van der Waals surface area contributed by atoms with E-state index < -0.39 is 0 Å². The van der Waals surface area contributed by atoms with Crippen molar-refractivity contribution in [2.75, 3.05) is 4.90 Å². The molecule has 8 heteroatoms. The van der Waals surface area contributed by atoms with E-state index in [1.54, 1.807) is 24.2 Å². The first kappa shape index (κ1) is 18.7. The van der Waals surface area contributed by atoms with Crippen LogP contribution in [0.25, 0.3) is 0 Å². The number of hydrogen-bond donors (Lipinski definition) is 0. The first-order valence-electron chi connectivity index (χ1n) is 8.20. The minimum atomic E-state index is 0.631. The van der Waals surface area contributed by atoms with Crippen LogP contribution in [0.3, 0.4) is 0 Å². The maximum Gasteiger partial charge on any atom is 0.171 e. The molecular formula is C19H15Cl3N4S. The van der Waals surface area contributed by atoms with Gasteiger partial charge in [-0.05, 0) is 42.0 Å². The average molecular weight is 438 g/mol. The molecule has 0 amide bonds. The summed E-state index contributed by atoms with van der Waals surface area (Å²) in [4.78, 5) is 11.5. The summed E-state index contributed by atoms with van der Waals surface area (Å²) < 4.78 is 1.93. The molecule has 4 rings (SSSR count). The zero-order valence-electron chi connectivity index (χ0n) is 14.4. The van der Waals surface area contributed by atoms with Crippen LogP contribution in [0.1, 0.15) is 11.3 Å². The number of fused-ring (bicyclic) bond motifs is 1. The Labute approximate surface area is 176 Å². The molecule has 0 saturated carbocycles. The lowest BCUT2D eigenvalue weighted by Gasteiger charge is -2.28. The standard InChI is InChI=1S/C19H15Cl3N4S/c1-25-11-23-17-9-26(15-6-4-13(20)5-7-15)19(24-18(17)25)27-10-12-2-3-14(21)8-16(12)22/h2-8,11H,9-10H2,1H3. The topological polar surface area (TPSA) is 33.4 Å². The molecular weight excluding hydrogens is 423 g/mol. The van der Waals surface area contributed by atoms with Crippen LogP contribution in [0.5, 0.6) is 0 Å². The van der Waals surface area contributed by atoms with Crippen LogP contribution in [-0.4, -0.2) is 14.7 Å². The molecule has 0 aliphatic carbocycles. The molecule has 0 spiro atoms. The second-order valence-electron chi connectivity index (χ2n) is 6.11. The van der Waals surface area contributed by atoms with Crippen LogP contribution in [-0.2, 0) is 19.3 Å². The van der Waals surface area contributed by atoms with E-state index in [1.807, 2.05) is 48.0 Å². The predicted octanol–water partition coefficient (Wildman–Crippen LogP) is 6.32. The van der Waals surface area contributed by atoms with E-state index in [1.165, 1.54) is 0 Å². The first-order valence-corrected chi connectivity index (χ1v) is 10.3. The normalized spacial score (nSPS) is 13.5. The summed E-state index contributed by atoms with van der Waals surface area (Å²) in [5.41, 5.74) is 2.98. The van der Waals surface area contributed by atoms with Gasteiger partial charge >= 0.3 is 0 Å². The number of halogens is 3. The number of hydrogen-bond acceptors (Lipinski definition) is 4. The second-order valence-corrected chi connectivity index (χ2v) is 8.33. The maximum atomic E-state index is 6.33. The third-order valence-corrected chi connectivity index (χ3v) is 6.09. The minimum absolute atomic E-state index is 0.631. The van der Waals surface area contributed by atoms with Crippen molar-refractivity contribution in [1.29, 1.82) is 0 Å². The van der Waals surface area contributed by atoms with Gasteiger partial charge in [0, 0.05) is 33.6 Å². The highest BCUT2D eigenvalue weighted by atomic mass is 35.5. The number of aryl methyl sites for hydroxylation is 1. The van der Waals surface area contributed by atoms with E-state index in [2.05, 4.69) is 9.88 Å². The van der Waals surface area contributed by atoms with Crippen molar-refractivity contribution in [1.82, 2.24) is 9.55 Å². The van der Waals surface area contributed by atoms with Gasteiger partial charge in [-0.25, -0.2) is 9.98 Å². The number of nitrogens with zero attached hydrogens (tertiary/aromatic N) is 4. The molecule has 1 aromatic heterocycles. The number of benzene rings is 2. The van der Waals surface area contributed by atoms with Crippen molar-refractivity contribution in [3.63, 3.8) is 0 Å². The SMILES string of the molecule is Cn1cnc2c1N=C(SCc1ccc(Cl)cc1Cl)N(c1ccc(Cl)cc1)C2. The Morgan fingerprint density at radius 3 is 2.52 bits per heavy atom. The predicted molar refractivity (Wildman–Crippen MR) is 116 cm³/mol. The van der Waals surface area contributed by atoms with Gasteiger partial charge in [0.2, 0.25) is 0 Å². The minimum Gasteiger partial charge on any atom is -0.319 e. The number of rotatable bonds is 3. The van der Waals surface area contributed by atoms with E-state index >= 15 is 0 Å². The van der Waals surface area contributed by atoms with E-state index in [9.17, 15) is 0 Å². The van der Waals surface area contributed by atoms with Gasteiger partial charge in [-0.3, -0.25) is 0 Å². The highest BCUT2D eigenvalue weighted by molar-refractivity contribution is 8.13. The summed E-state index contributed by atoms with van der Waals surface area (Å²) in [5, 5.41) is 2.88. The Morgan fingerprint density at radius 1 is 1.04 bits per heavy atom. The number of imidazole rings is 1. The molecule has 2 heterocycles. The molecule has 3 aromatic rings. The van der Waals surface area contributed by atoms with Gasteiger partial charge in [-0.2, -0.15) is 0 Å². The monoisotopic (exact) mass is 436 g/mol. The maximum absolute atomic E-state index is 6.33. The lowest BCUT2D eigenvalue weighted by molar-refractivity contribution is 0.896. The summed E-state index contributed by atoms with van der Waals surface area (Å²) >= 11 is 20.0. The Bertz CT molecular complexity index is 1010. The Balaban J connectivity index is 1.65. The van der Waals surface area contributed by atoms with E-state index in [4.69, 9.17) is 39.8 Å². The zero-order valence-corrected chi connectivity index (χ0v) is 17.4. The summed E-state index contributed by atoms with van der Waals surface area (Å²) in [6.07, 6.45) is 1.79. The van der Waals surface area contributed by atoms with Crippen LogP contribution in [0.15, 0.2) is 53.8 Å². The molecule has 4 nitrogen and oxygen atoms in total. The van der Waals surface area contributed by atoms with Gasteiger partial charge in [0.25, 0.3) is 0 Å². The van der Waals surface area contributed by atoms with Crippen LogP contribution < -0.4 is 4.90 Å². The van der Waals surface area contributed by atoms with Crippen LogP contribution >= 0.6 is 46.6 Å². The van der Waals surface area contributed by atoms with Gasteiger partial charge in [0.05, 0.1) is 12.9 Å². The van der Waals surface area contributed by atoms with E-state index in [0.717, 1.165) is 27.9 Å². The number of aliphatic imine (C=N–C) groups is 1. The van der Waals surface area contributed by atoms with Crippen molar-refractivity contribution in [3.8, 4) is 0 Å². The third-order valence-electron chi connectivity index (χ3n) is 4.23. The number of thioether (sulfide) groups is 1.